The zero-order valence-electron chi connectivity index (χ0n) is 10.9. The molecule has 1 saturated carbocycles. The number of carbonyl (C=O) groups is 1. The largest absolute Gasteiger partial charge is 0.437 e. The molecular formula is C13H14N4O3. The molecule has 1 aliphatic rings. The van der Waals surface area contributed by atoms with E-state index < -0.39 is 12.2 Å². The molecule has 0 aromatic carbocycles. The number of carbonyl (C=O) groups excluding carboxylic acids is 1. The van der Waals surface area contributed by atoms with Crippen LogP contribution in [-0.4, -0.2) is 21.2 Å². The summed E-state index contributed by atoms with van der Waals surface area (Å²) in [5.41, 5.74) is 6.84. The first kappa shape index (κ1) is 12.6. The summed E-state index contributed by atoms with van der Waals surface area (Å²) in [6, 6.07) is 3.78. The van der Waals surface area contributed by atoms with Gasteiger partial charge in [-0.15, -0.1) is 0 Å². The van der Waals surface area contributed by atoms with Crippen molar-refractivity contribution >= 4 is 6.09 Å². The van der Waals surface area contributed by atoms with Gasteiger partial charge in [-0.1, -0.05) is 5.16 Å². The summed E-state index contributed by atoms with van der Waals surface area (Å²) in [4.78, 5) is 19.2. The van der Waals surface area contributed by atoms with Crippen LogP contribution in [0.15, 0.2) is 22.9 Å². The molecule has 0 radical (unpaired) electrons. The maximum atomic E-state index is 10.7. The van der Waals surface area contributed by atoms with Crippen LogP contribution in [0.5, 0.6) is 0 Å². The number of rotatable bonds is 4. The summed E-state index contributed by atoms with van der Waals surface area (Å²) in [6.45, 7) is 1.62. The summed E-state index contributed by atoms with van der Waals surface area (Å²) in [5, 5.41) is 3.89. The van der Waals surface area contributed by atoms with Crippen molar-refractivity contribution < 1.29 is 14.1 Å². The van der Waals surface area contributed by atoms with E-state index in [0.29, 0.717) is 11.7 Å². The molecule has 0 saturated heterocycles. The molecule has 20 heavy (non-hydrogen) atoms. The van der Waals surface area contributed by atoms with Crippen molar-refractivity contribution in [2.24, 2.45) is 5.73 Å². The summed E-state index contributed by atoms with van der Waals surface area (Å²) >= 11 is 0. The van der Waals surface area contributed by atoms with Crippen molar-refractivity contribution in [3.63, 3.8) is 0 Å². The van der Waals surface area contributed by atoms with Gasteiger partial charge in [0.25, 0.3) is 5.89 Å². The molecule has 1 aliphatic carbocycles. The fourth-order valence-electron chi connectivity index (χ4n) is 1.93. The maximum Gasteiger partial charge on any atom is 0.405 e. The normalized spacial score (nSPS) is 15.8. The zero-order chi connectivity index (χ0) is 14.1. The second-order valence-electron chi connectivity index (χ2n) is 4.78. The Morgan fingerprint density at radius 3 is 3.05 bits per heavy atom. The standard InChI is InChI=1S/C13H14N4O3/c1-7(19-13(14)18)12-16-11(17-20-12)9-4-5-15-10(6-9)8-2-3-8/h4-8H,2-3H2,1H3,(H2,14,18). The highest BCUT2D eigenvalue weighted by Crippen LogP contribution is 2.39. The van der Waals surface area contributed by atoms with E-state index in [9.17, 15) is 4.79 Å². The molecule has 2 N–H and O–H groups in total. The number of hydrogen-bond donors (Lipinski definition) is 1. The monoisotopic (exact) mass is 274 g/mol. The third-order valence-corrected chi connectivity index (χ3v) is 3.12. The zero-order valence-corrected chi connectivity index (χ0v) is 10.9. The quantitative estimate of drug-likeness (QED) is 0.916. The third kappa shape index (κ3) is 2.61. The average Bonchev–Trinajstić information content (AvgIpc) is 3.15. The third-order valence-electron chi connectivity index (χ3n) is 3.12. The Balaban J connectivity index is 1.82. The van der Waals surface area contributed by atoms with Crippen LogP contribution in [0.1, 0.15) is 43.4 Å². The minimum absolute atomic E-state index is 0.212. The fourth-order valence-corrected chi connectivity index (χ4v) is 1.93. The molecule has 2 aromatic rings. The minimum Gasteiger partial charge on any atom is -0.437 e. The molecule has 7 heteroatoms. The van der Waals surface area contributed by atoms with Crippen LogP contribution in [-0.2, 0) is 4.74 Å². The van der Waals surface area contributed by atoms with Crippen LogP contribution in [0.4, 0.5) is 4.79 Å². The van der Waals surface area contributed by atoms with Gasteiger partial charge in [-0.2, -0.15) is 4.98 Å². The van der Waals surface area contributed by atoms with Crippen molar-refractivity contribution in [1.82, 2.24) is 15.1 Å². The fraction of sp³-hybridized carbons (Fsp3) is 0.385. The van der Waals surface area contributed by atoms with E-state index in [2.05, 4.69) is 15.1 Å². The van der Waals surface area contributed by atoms with E-state index in [-0.39, 0.29) is 5.89 Å². The maximum absolute atomic E-state index is 10.7. The molecule has 7 nitrogen and oxygen atoms in total. The molecule has 2 heterocycles. The number of aromatic nitrogens is 3. The van der Waals surface area contributed by atoms with E-state index in [1.54, 1.807) is 13.1 Å². The highest BCUT2D eigenvalue weighted by Gasteiger charge is 2.25. The first-order valence-electron chi connectivity index (χ1n) is 6.39. The summed E-state index contributed by atoms with van der Waals surface area (Å²) in [5.74, 6) is 1.21. The lowest BCUT2D eigenvalue weighted by Gasteiger charge is -2.04. The van der Waals surface area contributed by atoms with E-state index in [0.717, 1.165) is 11.3 Å². The van der Waals surface area contributed by atoms with Gasteiger partial charge in [0.2, 0.25) is 5.82 Å². The molecule has 3 rings (SSSR count). The van der Waals surface area contributed by atoms with Gasteiger partial charge in [0.05, 0.1) is 0 Å². The lowest BCUT2D eigenvalue weighted by Crippen LogP contribution is -2.15. The van der Waals surface area contributed by atoms with Crippen LogP contribution in [0.25, 0.3) is 11.4 Å². The van der Waals surface area contributed by atoms with Crippen LogP contribution in [0.3, 0.4) is 0 Å². The van der Waals surface area contributed by atoms with E-state index in [1.807, 2.05) is 12.1 Å². The van der Waals surface area contributed by atoms with E-state index in [1.165, 1.54) is 12.8 Å². The lowest BCUT2D eigenvalue weighted by atomic mass is 10.2. The molecule has 2 aromatic heterocycles. The highest BCUT2D eigenvalue weighted by molar-refractivity contribution is 5.64. The van der Waals surface area contributed by atoms with Crippen molar-refractivity contribution in [2.45, 2.75) is 31.8 Å². The van der Waals surface area contributed by atoms with Gasteiger partial charge in [0.1, 0.15) is 0 Å². The Morgan fingerprint density at radius 2 is 2.35 bits per heavy atom. The van der Waals surface area contributed by atoms with E-state index >= 15 is 0 Å². The van der Waals surface area contributed by atoms with E-state index in [4.69, 9.17) is 15.0 Å². The molecule has 1 amide bonds. The number of pyridine rings is 1. The Hall–Kier alpha value is -2.44. The van der Waals surface area contributed by atoms with Gasteiger partial charge in [0.15, 0.2) is 6.10 Å². The van der Waals surface area contributed by atoms with Gasteiger partial charge < -0.3 is 15.0 Å². The van der Waals surface area contributed by atoms with Gasteiger partial charge in [-0.25, -0.2) is 4.79 Å². The van der Waals surface area contributed by atoms with Crippen molar-refractivity contribution in [3.8, 4) is 11.4 Å². The van der Waals surface area contributed by atoms with Crippen LogP contribution in [0.2, 0.25) is 0 Å². The topological polar surface area (TPSA) is 104 Å². The number of amides is 1. The molecule has 0 aliphatic heterocycles. The number of hydrogen-bond acceptors (Lipinski definition) is 6. The van der Waals surface area contributed by atoms with Gasteiger partial charge in [-0.05, 0) is 31.9 Å². The van der Waals surface area contributed by atoms with Crippen molar-refractivity contribution in [2.75, 3.05) is 0 Å². The van der Waals surface area contributed by atoms with Gasteiger partial charge in [-0.3, -0.25) is 4.98 Å². The first-order valence-corrected chi connectivity index (χ1v) is 6.39. The highest BCUT2D eigenvalue weighted by atomic mass is 16.6. The number of nitrogens with zero attached hydrogens (tertiary/aromatic N) is 3. The Morgan fingerprint density at radius 1 is 1.55 bits per heavy atom. The van der Waals surface area contributed by atoms with Crippen LogP contribution >= 0.6 is 0 Å². The Bertz CT molecular complexity index is 636. The summed E-state index contributed by atoms with van der Waals surface area (Å²) in [6.07, 6.45) is 2.55. The molecule has 1 fully saturated rings. The van der Waals surface area contributed by atoms with Crippen LogP contribution in [0, 0.1) is 0 Å². The van der Waals surface area contributed by atoms with Gasteiger partial charge >= 0.3 is 6.09 Å². The predicted molar refractivity (Wildman–Crippen MR) is 68.6 cm³/mol. The number of nitrogens with two attached hydrogens (primary N) is 1. The predicted octanol–water partition coefficient (Wildman–Crippen LogP) is 2.17. The minimum atomic E-state index is -0.878. The number of ether oxygens (including phenoxy) is 1. The second-order valence-corrected chi connectivity index (χ2v) is 4.78. The van der Waals surface area contributed by atoms with Crippen LogP contribution < -0.4 is 5.73 Å². The Kier molecular flexibility index (Phi) is 3.09. The molecule has 1 atom stereocenters. The smallest absolute Gasteiger partial charge is 0.405 e. The molecule has 0 bridgehead atoms. The summed E-state index contributed by atoms with van der Waals surface area (Å²) < 4.78 is 9.87. The molecular weight excluding hydrogens is 260 g/mol. The van der Waals surface area contributed by atoms with Crippen molar-refractivity contribution in [1.29, 1.82) is 0 Å². The lowest BCUT2D eigenvalue weighted by molar-refractivity contribution is 0.0959. The first-order chi connectivity index (χ1) is 9.63. The summed E-state index contributed by atoms with van der Waals surface area (Å²) in [7, 11) is 0. The van der Waals surface area contributed by atoms with Crippen molar-refractivity contribution in [3.05, 3.63) is 29.9 Å². The van der Waals surface area contributed by atoms with Gasteiger partial charge in [0, 0.05) is 23.4 Å². The second kappa shape index (κ2) is 4.92. The SMILES string of the molecule is CC(OC(N)=O)c1nc(-c2ccnc(C3CC3)c2)no1. The number of primary amides is 1. The molecule has 104 valence electrons. The Labute approximate surface area is 115 Å². The average molecular weight is 274 g/mol. The molecule has 1 unspecified atom stereocenters. The molecule has 0 spiro atoms.